The maximum absolute atomic E-state index is 12.0. The van der Waals surface area contributed by atoms with Crippen LogP contribution in [-0.4, -0.2) is 43.7 Å². The molecule has 8 nitrogen and oxygen atoms in total. The molecule has 0 spiro atoms. The highest BCUT2D eigenvalue weighted by Crippen LogP contribution is 2.35. The lowest BCUT2D eigenvalue weighted by Gasteiger charge is -2.37. The van der Waals surface area contributed by atoms with Gasteiger partial charge in [0.1, 0.15) is 17.1 Å². The Morgan fingerprint density at radius 3 is 2.72 bits per heavy atom. The van der Waals surface area contributed by atoms with Gasteiger partial charge >= 0.3 is 6.09 Å². The van der Waals surface area contributed by atoms with E-state index in [-0.39, 0.29) is 18.2 Å². The molecular weight excluding hydrogens is 368 g/mol. The Kier molecular flexibility index (Phi) is 4.86. The highest BCUT2D eigenvalue weighted by Gasteiger charge is 2.32. The van der Waals surface area contributed by atoms with Crippen molar-refractivity contribution in [3.8, 4) is 11.3 Å². The van der Waals surface area contributed by atoms with Crippen LogP contribution in [-0.2, 0) is 4.74 Å². The number of pyridine rings is 1. The molecule has 3 aromatic rings. The van der Waals surface area contributed by atoms with Gasteiger partial charge in [0.05, 0.1) is 11.4 Å². The molecule has 0 saturated heterocycles. The fourth-order valence-electron chi connectivity index (χ4n) is 3.50. The average Bonchev–Trinajstić information content (AvgIpc) is 3.07. The molecule has 1 fully saturated rings. The fourth-order valence-corrected chi connectivity index (χ4v) is 3.50. The first-order valence-electron chi connectivity index (χ1n) is 9.80. The number of alkyl carbamates (subject to hydrolysis) is 1. The molecule has 1 aliphatic rings. The van der Waals surface area contributed by atoms with Gasteiger partial charge in [-0.15, -0.1) is 0 Å². The van der Waals surface area contributed by atoms with Crippen LogP contribution in [0.15, 0.2) is 30.7 Å². The van der Waals surface area contributed by atoms with Crippen LogP contribution in [0, 0.1) is 6.92 Å². The van der Waals surface area contributed by atoms with Gasteiger partial charge in [0.15, 0.2) is 0 Å². The molecule has 29 heavy (non-hydrogen) atoms. The van der Waals surface area contributed by atoms with Crippen molar-refractivity contribution in [1.29, 1.82) is 0 Å². The fraction of sp³-hybridized carbons (Fsp3) is 0.429. The third-order valence-corrected chi connectivity index (χ3v) is 4.85. The zero-order chi connectivity index (χ0) is 20.6. The van der Waals surface area contributed by atoms with Crippen LogP contribution < -0.4 is 10.6 Å². The Labute approximate surface area is 169 Å². The van der Waals surface area contributed by atoms with E-state index in [2.05, 4.69) is 30.6 Å². The molecule has 4 rings (SSSR count). The van der Waals surface area contributed by atoms with E-state index >= 15 is 0 Å². The van der Waals surface area contributed by atoms with Crippen LogP contribution in [0.1, 0.15) is 39.4 Å². The Balaban J connectivity index is 1.50. The number of hydrogen-bond donors (Lipinski definition) is 3. The monoisotopic (exact) mass is 394 g/mol. The van der Waals surface area contributed by atoms with Gasteiger partial charge < -0.3 is 20.4 Å². The summed E-state index contributed by atoms with van der Waals surface area (Å²) in [7, 11) is 0. The third kappa shape index (κ3) is 4.31. The number of carbonyl (C=O) groups is 1. The number of carbonyl (C=O) groups excluding carboxylic acids is 1. The van der Waals surface area contributed by atoms with E-state index in [1.54, 1.807) is 6.20 Å². The zero-order valence-electron chi connectivity index (χ0n) is 17.1. The van der Waals surface area contributed by atoms with Crippen molar-refractivity contribution in [3.05, 3.63) is 36.5 Å². The maximum Gasteiger partial charge on any atom is 0.407 e. The van der Waals surface area contributed by atoms with Gasteiger partial charge in [0.2, 0.25) is 0 Å². The smallest absolute Gasteiger partial charge is 0.407 e. The molecule has 3 heterocycles. The van der Waals surface area contributed by atoms with Crippen molar-refractivity contribution in [1.82, 2.24) is 25.3 Å². The second-order valence-electron chi connectivity index (χ2n) is 8.43. The summed E-state index contributed by atoms with van der Waals surface area (Å²) in [6, 6.07) is 4.26. The number of aryl methyl sites for hydroxylation is 1. The number of fused-ring (bicyclic) bond motifs is 1. The van der Waals surface area contributed by atoms with Gasteiger partial charge in [-0.25, -0.2) is 19.7 Å². The number of aromatic nitrogens is 4. The van der Waals surface area contributed by atoms with Crippen molar-refractivity contribution in [2.45, 2.75) is 58.2 Å². The zero-order valence-corrected chi connectivity index (χ0v) is 17.1. The maximum atomic E-state index is 12.0. The van der Waals surface area contributed by atoms with E-state index < -0.39 is 5.60 Å². The second-order valence-corrected chi connectivity index (χ2v) is 8.43. The number of ether oxygens (including phenoxy) is 1. The van der Waals surface area contributed by atoms with Crippen LogP contribution in [0.3, 0.4) is 0 Å². The third-order valence-electron chi connectivity index (χ3n) is 4.85. The second kappa shape index (κ2) is 7.35. The molecule has 0 aromatic carbocycles. The number of nitrogens with one attached hydrogen (secondary N) is 3. The van der Waals surface area contributed by atoms with Crippen molar-refractivity contribution in [3.63, 3.8) is 0 Å². The Morgan fingerprint density at radius 2 is 2.00 bits per heavy atom. The van der Waals surface area contributed by atoms with E-state index in [0.29, 0.717) is 5.82 Å². The van der Waals surface area contributed by atoms with Gasteiger partial charge in [-0.05, 0) is 52.7 Å². The summed E-state index contributed by atoms with van der Waals surface area (Å²) in [6.07, 6.45) is 6.76. The standard InChI is InChI=1S/C21H26N6O2/c1-12-22-8-6-17(25-12)16-11-24-19-15(5-7-23-19)18(16)26-13-9-14(10-13)27-20(28)29-21(2,3)4/h5-8,11,13-14H,9-10H2,1-4H3,(H,27,28)(H2,23,24,26)/t13-,14+. The number of hydrogen-bond acceptors (Lipinski definition) is 6. The molecule has 3 N–H and O–H groups in total. The first-order valence-corrected chi connectivity index (χ1v) is 9.80. The van der Waals surface area contributed by atoms with Crippen molar-refractivity contribution in [2.24, 2.45) is 0 Å². The largest absolute Gasteiger partial charge is 0.444 e. The molecule has 1 aliphatic carbocycles. The molecule has 1 amide bonds. The molecule has 1 saturated carbocycles. The van der Waals surface area contributed by atoms with E-state index in [4.69, 9.17) is 4.74 Å². The van der Waals surface area contributed by atoms with Gasteiger partial charge in [-0.3, -0.25) is 0 Å². The number of H-pyrrole nitrogens is 1. The Morgan fingerprint density at radius 1 is 1.21 bits per heavy atom. The summed E-state index contributed by atoms with van der Waals surface area (Å²) in [5, 5.41) is 7.58. The number of anilines is 1. The summed E-state index contributed by atoms with van der Waals surface area (Å²) < 4.78 is 5.34. The van der Waals surface area contributed by atoms with E-state index in [9.17, 15) is 4.79 Å². The van der Waals surface area contributed by atoms with Crippen LogP contribution in [0.25, 0.3) is 22.3 Å². The van der Waals surface area contributed by atoms with Gasteiger partial charge in [-0.2, -0.15) is 0 Å². The summed E-state index contributed by atoms with van der Waals surface area (Å²) in [5.41, 5.74) is 3.09. The summed E-state index contributed by atoms with van der Waals surface area (Å²) in [5.74, 6) is 0.716. The predicted molar refractivity (Wildman–Crippen MR) is 112 cm³/mol. The Bertz CT molecular complexity index is 1030. The molecule has 0 radical (unpaired) electrons. The van der Waals surface area contributed by atoms with Crippen LogP contribution in [0.2, 0.25) is 0 Å². The number of amides is 1. The number of nitrogens with zero attached hydrogens (tertiary/aromatic N) is 3. The topological polar surface area (TPSA) is 105 Å². The first kappa shape index (κ1) is 19.2. The lowest BCUT2D eigenvalue weighted by molar-refractivity contribution is 0.0475. The lowest BCUT2D eigenvalue weighted by Crippen LogP contribution is -2.50. The highest BCUT2D eigenvalue weighted by atomic mass is 16.6. The molecule has 0 bridgehead atoms. The summed E-state index contributed by atoms with van der Waals surface area (Å²) in [4.78, 5) is 28.4. The highest BCUT2D eigenvalue weighted by molar-refractivity contribution is 5.97. The first-order chi connectivity index (χ1) is 13.8. The number of aromatic amines is 1. The van der Waals surface area contributed by atoms with Gasteiger partial charge in [0, 0.05) is 41.6 Å². The molecule has 152 valence electrons. The lowest BCUT2D eigenvalue weighted by atomic mass is 9.86. The molecular formula is C21H26N6O2. The van der Waals surface area contributed by atoms with Crippen molar-refractivity contribution < 1.29 is 9.53 Å². The number of rotatable bonds is 4. The van der Waals surface area contributed by atoms with E-state index in [0.717, 1.165) is 40.8 Å². The van der Waals surface area contributed by atoms with Crippen LogP contribution in [0.5, 0.6) is 0 Å². The predicted octanol–water partition coefficient (Wildman–Crippen LogP) is 3.80. The van der Waals surface area contributed by atoms with E-state index in [1.165, 1.54) is 0 Å². The molecule has 3 aromatic heterocycles. The van der Waals surface area contributed by atoms with E-state index in [1.807, 2.05) is 52.2 Å². The molecule has 0 unspecified atom stereocenters. The van der Waals surface area contributed by atoms with Gasteiger partial charge in [0.25, 0.3) is 0 Å². The minimum Gasteiger partial charge on any atom is -0.444 e. The van der Waals surface area contributed by atoms with Crippen molar-refractivity contribution in [2.75, 3.05) is 5.32 Å². The normalized spacial score (nSPS) is 18.9. The SMILES string of the molecule is Cc1nccc(-c2cnc3[nH]ccc3c2N[C@H]2C[C@@H](NC(=O)OC(C)(C)C)C2)n1. The minimum absolute atomic E-state index is 0.107. The minimum atomic E-state index is -0.493. The van der Waals surface area contributed by atoms with Crippen LogP contribution >= 0.6 is 0 Å². The quantitative estimate of drug-likeness (QED) is 0.622. The molecule has 8 heteroatoms. The summed E-state index contributed by atoms with van der Waals surface area (Å²) >= 11 is 0. The summed E-state index contributed by atoms with van der Waals surface area (Å²) in [6.45, 7) is 7.46. The molecule has 0 atom stereocenters. The molecule has 0 aliphatic heterocycles. The van der Waals surface area contributed by atoms with Crippen molar-refractivity contribution >= 4 is 22.8 Å². The average molecular weight is 394 g/mol. The van der Waals surface area contributed by atoms with Gasteiger partial charge in [-0.1, -0.05) is 0 Å². The van der Waals surface area contributed by atoms with Crippen LogP contribution in [0.4, 0.5) is 10.5 Å². The Hall–Kier alpha value is -3.16.